The van der Waals surface area contributed by atoms with Crippen LogP contribution in [0.1, 0.15) is 63.0 Å². The number of rotatable bonds is 2. The molecule has 1 aromatic heterocycles. The SMILES string of the molecule is Cc1c(CC(C)(C)C)cncc1C(=O)C(C)(C)C. The molecule has 100 valence electrons. The van der Waals surface area contributed by atoms with Crippen molar-refractivity contribution in [2.75, 3.05) is 0 Å². The number of Topliss-reactive ketones (excluding diaryl/α,β-unsaturated/α-hetero) is 1. The van der Waals surface area contributed by atoms with Crippen molar-refractivity contribution in [1.29, 1.82) is 0 Å². The molecule has 0 N–H and O–H groups in total. The van der Waals surface area contributed by atoms with Crippen molar-refractivity contribution in [1.82, 2.24) is 4.98 Å². The summed E-state index contributed by atoms with van der Waals surface area (Å²) in [4.78, 5) is 16.6. The molecule has 1 heterocycles. The second kappa shape index (κ2) is 4.83. The number of ketones is 1. The Bertz CT molecular complexity index is 447. The molecule has 0 amide bonds. The van der Waals surface area contributed by atoms with Crippen molar-refractivity contribution < 1.29 is 4.79 Å². The van der Waals surface area contributed by atoms with E-state index in [4.69, 9.17) is 0 Å². The number of carbonyl (C=O) groups excluding carboxylic acids is 1. The Hall–Kier alpha value is -1.18. The van der Waals surface area contributed by atoms with Crippen LogP contribution in [-0.4, -0.2) is 10.8 Å². The van der Waals surface area contributed by atoms with Crippen LogP contribution in [0, 0.1) is 17.8 Å². The Morgan fingerprint density at radius 2 is 1.67 bits per heavy atom. The highest BCUT2D eigenvalue weighted by Crippen LogP contribution is 2.27. The van der Waals surface area contributed by atoms with Gasteiger partial charge in [-0.1, -0.05) is 41.5 Å². The summed E-state index contributed by atoms with van der Waals surface area (Å²) < 4.78 is 0. The van der Waals surface area contributed by atoms with Crippen molar-refractivity contribution in [3.05, 3.63) is 29.1 Å². The minimum Gasteiger partial charge on any atom is -0.294 e. The average Bonchev–Trinajstić information content (AvgIpc) is 2.17. The van der Waals surface area contributed by atoms with E-state index in [1.807, 2.05) is 33.9 Å². The molecule has 0 unspecified atom stereocenters. The van der Waals surface area contributed by atoms with Gasteiger partial charge in [0.15, 0.2) is 5.78 Å². The van der Waals surface area contributed by atoms with E-state index in [-0.39, 0.29) is 16.6 Å². The van der Waals surface area contributed by atoms with E-state index in [1.54, 1.807) is 6.20 Å². The van der Waals surface area contributed by atoms with Crippen LogP contribution in [0.3, 0.4) is 0 Å². The molecule has 0 saturated heterocycles. The zero-order valence-corrected chi connectivity index (χ0v) is 12.7. The van der Waals surface area contributed by atoms with Gasteiger partial charge in [0, 0.05) is 23.4 Å². The topological polar surface area (TPSA) is 30.0 Å². The second-order valence-corrected chi connectivity index (χ2v) is 7.29. The molecule has 0 aliphatic heterocycles. The smallest absolute Gasteiger partial charge is 0.169 e. The first kappa shape index (κ1) is 14.9. The maximum Gasteiger partial charge on any atom is 0.169 e. The lowest BCUT2D eigenvalue weighted by Crippen LogP contribution is -2.22. The first-order valence-corrected chi connectivity index (χ1v) is 6.50. The molecule has 1 rings (SSSR count). The maximum atomic E-state index is 12.4. The van der Waals surface area contributed by atoms with Crippen molar-refractivity contribution in [3.8, 4) is 0 Å². The van der Waals surface area contributed by atoms with Gasteiger partial charge in [0.2, 0.25) is 0 Å². The van der Waals surface area contributed by atoms with Gasteiger partial charge in [-0.2, -0.15) is 0 Å². The van der Waals surface area contributed by atoms with Crippen molar-refractivity contribution >= 4 is 5.78 Å². The third-order valence-corrected chi connectivity index (χ3v) is 2.97. The Kier molecular flexibility index (Phi) is 3.99. The van der Waals surface area contributed by atoms with Gasteiger partial charge in [0.05, 0.1) is 0 Å². The molecule has 0 aliphatic carbocycles. The van der Waals surface area contributed by atoms with E-state index in [0.717, 1.165) is 17.5 Å². The molecule has 2 nitrogen and oxygen atoms in total. The highest BCUT2D eigenvalue weighted by atomic mass is 16.1. The molecule has 0 saturated carbocycles. The molecular formula is C16H25NO. The zero-order chi connectivity index (χ0) is 14.1. The first-order chi connectivity index (χ1) is 8.02. The quantitative estimate of drug-likeness (QED) is 0.733. The zero-order valence-electron chi connectivity index (χ0n) is 12.7. The molecule has 0 aromatic carbocycles. The number of aromatic nitrogens is 1. The summed E-state index contributed by atoms with van der Waals surface area (Å²) in [6, 6.07) is 0. The molecule has 0 aliphatic rings. The van der Waals surface area contributed by atoms with Crippen LogP contribution in [0.2, 0.25) is 0 Å². The fraction of sp³-hybridized carbons (Fsp3) is 0.625. The average molecular weight is 247 g/mol. The summed E-state index contributed by atoms with van der Waals surface area (Å²) in [6.45, 7) is 14.5. The lowest BCUT2D eigenvalue weighted by atomic mass is 9.82. The minimum absolute atomic E-state index is 0.170. The Morgan fingerprint density at radius 1 is 1.11 bits per heavy atom. The van der Waals surface area contributed by atoms with Gasteiger partial charge in [0.1, 0.15) is 0 Å². The maximum absolute atomic E-state index is 12.4. The van der Waals surface area contributed by atoms with E-state index in [2.05, 4.69) is 25.8 Å². The third kappa shape index (κ3) is 3.66. The summed E-state index contributed by atoms with van der Waals surface area (Å²) in [5.74, 6) is 0.170. The second-order valence-electron chi connectivity index (χ2n) is 7.29. The van der Waals surface area contributed by atoms with E-state index >= 15 is 0 Å². The summed E-state index contributed by atoms with van der Waals surface area (Å²) in [7, 11) is 0. The molecule has 0 atom stereocenters. The van der Waals surface area contributed by atoms with E-state index in [1.165, 1.54) is 5.56 Å². The number of pyridine rings is 1. The lowest BCUT2D eigenvalue weighted by Gasteiger charge is -2.22. The number of hydrogen-bond donors (Lipinski definition) is 0. The molecular weight excluding hydrogens is 222 g/mol. The van der Waals surface area contributed by atoms with Crippen molar-refractivity contribution in [2.24, 2.45) is 10.8 Å². The molecule has 1 aromatic rings. The normalized spacial score (nSPS) is 12.6. The van der Waals surface area contributed by atoms with Crippen LogP contribution >= 0.6 is 0 Å². The molecule has 0 bridgehead atoms. The monoisotopic (exact) mass is 247 g/mol. The molecule has 2 heteroatoms. The standard InChI is InChI=1S/C16H25NO/c1-11-12(8-15(2,3)4)9-17-10-13(11)14(18)16(5,6)7/h9-10H,8H2,1-7H3. The van der Waals surface area contributed by atoms with E-state index < -0.39 is 0 Å². The molecule has 18 heavy (non-hydrogen) atoms. The van der Waals surface area contributed by atoms with Gasteiger partial charge in [0.25, 0.3) is 0 Å². The van der Waals surface area contributed by atoms with Crippen molar-refractivity contribution in [3.63, 3.8) is 0 Å². The summed E-state index contributed by atoms with van der Waals surface area (Å²) in [6.07, 6.45) is 4.53. The van der Waals surface area contributed by atoms with E-state index in [9.17, 15) is 4.79 Å². The van der Waals surface area contributed by atoms with Gasteiger partial charge in [-0.05, 0) is 29.9 Å². The lowest BCUT2D eigenvalue weighted by molar-refractivity contribution is 0.0857. The van der Waals surface area contributed by atoms with Crippen molar-refractivity contribution in [2.45, 2.75) is 54.9 Å². The van der Waals surface area contributed by atoms with Crippen LogP contribution in [0.4, 0.5) is 0 Å². The number of hydrogen-bond acceptors (Lipinski definition) is 2. The molecule has 0 radical (unpaired) electrons. The van der Waals surface area contributed by atoms with Gasteiger partial charge >= 0.3 is 0 Å². The Balaban J connectivity index is 3.18. The highest BCUT2D eigenvalue weighted by Gasteiger charge is 2.26. The Morgan fingerprint density at radius 3 is 2.11 bits per heavy atom. The van der Waals surface area contributed by atoms with Crippen LogP contribution in [0.15, 0.2) is 12.4 Å². The predicted octanol–water partition coefficient (Wildman–Crippen LogP) is 4.21. The molecule has 0 spiro atoms. The summed E-state index contributed by atoms with van der Waals surface area (Å²) in [5, 5.41) is 0. The van der Waals surface area contributed by atoms with E-state index in [0.29, 0.717) is 0 Å². The number of nitrogens with zero attached hydrogens (tertiary/aromatic N) is 1. The highest BCUT2D eigenvalue weighted by molar-refractivity contribution is 6.00. The van der Waals surface area contributed by atoms with Gasteiger partial charge in [-0.3, -0.25) is 9.78 Å². The Labute approximate surface area is 111 Å². The molecule has 0 fully saturated rings. The fourth-order valence-corrected chi connectivity index (χ4v) is 1.95. The van der Waals surface area contributed by atoms with Crippen LogP contribution in [0.5, 0.6) is 0 Å². The largest absolute Gasteiger partial charge is 0.294 e. The third-order valence-electron chi connectivity index (χ3n) is 2.97. The number of carbonyl (C=O) groups is 1. The van der Waals surface area contributed by atoms with Gasteiger partial charge < -0.3 is 0 Å². The van der Waals surface area contributed by atoms with Crippen LogP contribution in [0.25, 0.3) is 0 Å². The predicted molar refractivity (Wildman–Crippen MR) is 75.9 cm³/mol. The first-order valence-electron chi connectivity index (χ1n) is 6.50. The fourth-order valence-electron chi connectivity index (χ4n) is 1.95. The summed E-state index contributed by atoms with van der Waals surface area (Å²) >= 11 is 0. The van der Waals surface area contributed by atoms with Crippen LogP contribution < -0.4 is 0 Å². The summed E-state index contributed by atoms with van der Waals surface area (Å²) in [5.41, 5.74) is 2.88. The van der Waals surface area contributed by atoms with Gasteiger partial charge in [-0.15, -0.1) is 0 Å². The van der Waals surface area contributed by atoms with Gasteiger partial charge in [-0.25, -0.2) is 0 Å². The van der Waals surface area contributed by atoms with Crippen LogP contribution in [-0.2, 0) is 6.42 Å². The minimum atomic E-state index is -0.354.